The molecule has 0 N–H and O–H groups in total. The third kappa shape index (κ3) is 1.31. The van der Waals surface area contributed by atoms with Crippen molar-refractivity contribution in [1.82, 2.24) is 28.7 Å². The first-order chi connectivity index (χ1) is 11.9. The fraction of sp³-hybridized carbons (Fsp3) is 0. The Morgan fingerprint density at radius 1 is 0.667 bits per heavy atom. The van der Waals surface area contributed by atoms with Gasteiger partial charge in [-0.3, -0.25) is 18.8 Å². The monoisotopic (exact) mass is 310 g/mol. The average Bonchev–Trinajstić information content (AvgIpc) is 3.20. The van der Waals surface area contributed by atoms with Gasteiger partial charge in [-0.2, -0.15) is 0 Å². The van der Waals surface area contributed by atoms with E-state index in [2.05, 4.69) is 30.9 Å². The topological polar surface area (TPSA) is 60.4 Å². The Morgan fingerprint density at radius 2 is 1.54 bits per heavy atom. The lowest BCUT2D eigenvalue weighted by Gasteiger charge is -2.06. The first-order valence-corrected chi connectivity index (χ1v) is 7.67. The quantitative estimate of drug-likeness (QED) is 0.432. The Kier molecular flexibility index (Phi) is 2.02. The molecule has 5 heterocycles. The van der Waals surface area contributed by atoms with E-state index in [9.17, 15) is 0 Å². The van der Waals surface area contributed by atoms with E-state index in [1.54, 1.807) is 18.6 Å². The minimum absolute atomic E-state index is 0.821. The van der Waals surface area contributed by atoms with Crippen LogP contribution in [0.3, 0.4) is 0 Å². The second kappa shape index (κ2) is 4.05. The van der Waals surface area contributed by atoms with Crippen LogP contribution < -0.4 is 0 Å². The van der Waals surface area contributed by atoms with Gasteiger partial charge < -0.3 is 0 Å². The molecule has 0 aliphatic heterocycles. The molecule has 6 aromatic rings. The minimum Gasteiger partial charge on any atom is -0.277 e. The molecule has 1 aromatic carbocycles. The number of fused-ring (bicyclic) bond motifs is 10. The van der Waals surface area contributed by atoms with Gasteiger partial charge in [-0.05, 0) is 24.3 Å². The molecule has 6 heteroatoms. The van der Waals surface area contributed by atoms with Crippen molar-refractivity contribution in [2.45, 2.75) is 0 Å². The summed E-state index contributed by atoms with van der Waals surface area (Å²) >= 11 is 0. The van der Waals surface area contributed by atoms with Crippen LogP contribution in [0.15, 0.2) is 61.2 Å². The normalized spacial score (nSPS) is 12.2. The zero-order valence-corrected chi connectivity index (χ0v) is 12.5. The van der Waals surface area contributed by atoms with Gasteiger partial charge in [0.25, 0.3) is 0 Å². The molecule has 112 valence electrons. The standard InChI is InChI=1S/C18H10N6/c1-2-4-14-11(3-1)17-21-12-5-7-20-10-16(12)24(17)18-22-13-9-19-8-6-15(13)23(14)18/h1-10H. The van der Waals surface area contributed by atoms with Crippen LogP contribution in [-0.2, 0) is 0 Å². The number of aromatic nitrogens is 6. The molecule has 0 radical (unpaired) electrons. The van der Waals surface area contributed by atoms with E-state index in [4.69, 9.17) is 9.97 Å². The number of imidazole rings is 2. The number of hydrogen-bond donors (Lipinski definition) is 0. The van der Waals surface area contributed by atoms with Crippen molar-refractivity contribution in [3.05, 3.63) is 61.2 Å². The SMILES string of the molecule is c1ccc2c(c1)c1nc3ccncc3n1c1nc3cnccc3n21. The fourth-order valence-corrected chi connectivity index (χ4v) is 3.47. The fourth-order valence-electron chi connectivity index (χ4n) is 3.47. The van der Waals surface area contributed by atoms with Gasteiger partial charge in [0.05, 0.1) is 34.5 Å². The second-order valence-corrected chi connectivity index (χ2v) is 5.76. The van der Waals surface area contributed by atoms with Crippen LogP contribution in [0, 0.1) is 0 Å². The highest BCUT2D eigenvalue weighted by atomic mass is 15.2. The van der Waals surface area contributed by atoms with E-state index in [0.29, 0.717) is 0 Å². The first kappa shape index (κ1) is 12.0. The third-order valence-corrected chi connectivity index (χ3v) is 4.48. The van der Waals surface area contributed by atoms with Gasteiger partial charge in [0.1, 0.15) is 11.2 Å². The van der Waals surface area contributed by atoms with Gasteiger partial charge in [0, 0.05) is 17.8 Å². The summed E-state index contributed by atoms with van der Waals surface area (Å²) in [5, 5.41) is 1.08. The molecule has 0 spiro atoms. The summed E-state index contributed by atoms with van der Waals surface area (Å²) in [6, 6.07) is 12.2. The summed E-state index contributed by atoms with van der Waals surface area (Å²) in [5.74, 6) is 0.821. The van der Waals surface area contributed by atoms with Crippen LogP contribution in [-0.4, -0.2) is 28.7 Å². The van der Waals surface area contributed by atoms with Crippen LogP contribution >= 0.6 is 0 Å². The lowest BCUT2D eigenvalue weighted by Crippen LogP contribution is -1.98. The highest BCUT2D eigenvalue weighted by Crippen LogP contribution is 2.29. The summed E-state index contributed by atoms with van der Waals surface area (Å²) in [6.45, 7) is 0. The van der Waals surface area contributed by atoms with Crippen LogP contribution in [0.2, 0.25) is 0 Å². The van der Waals surface area contributed by atoms with Crippen molar-refractivity contribution in [3.63, 3.8) is 0 Å². The minimum atomic E-state index is 0.821. The summed E-state index contributed by atoms with van der Waals surface area (Å²) < 4.78 is 4.23. The Balaban J connectivity index is 2.08. The average molecular weight is 310 g/mol. The number of para-hydroxylation sites is 1. The lowest BCUT2D eigenvalue weighted by molar-refractivity contribution is 1.14. The number of rotatable bonds is 0. The summed E-state index contributed by atoms with van der Waals surface area (Å²) in [4.78, 5) is 18.1. The second-order valence-electron chi connectivity index (χ2n) is 5.76. The van der Waals surface area contributed by atoms with Crippen molar-refractivity contribution in [1.29, 1.82) is 0 Å². The summed E-state index contributed by atoms with van der Waals surface area (Å²) in [5.41, 5.74) is 5.73. The van der Waals surface area contributed by atoms with Gasteiger partial charge in [0.2, 0.25) is 5.78 Å². The van der Waals surface area contributed by atoms with E-state index in [0.717, 1.165) is 44.4 Å². The largest absolute Gasteiger partial charge is 0.277 e. The number of pyridine rings is 2. The summed E-state index contributed by atoms with van der Waals surface area (Å²) in [6.07, 6.45) is 7.19. The van der Waals surface area contributed by atoms with Crippen molar-refractivity contribution in [2.75, 3.05) is 0 Å². The van der Waals surface area contributed by atoms with Crippen molar-refractivity contribution >= 4 is 44.4 Å². The van der Waals surface area contributed by atoms with Crippen LogP contribution in [0.1, 0.15) is 0 Å². The molecular formula is C18H10N6. The lowest BCUT2D eigenvalue weighted by atomic mass is 10.2. The molecule has 0 atom stereocenters. The van der Waals surface area contributed by atoms with Gasteiger partial charge in [-0.15, -0.1) is 0 Å². The molecule has 0 bridgehead atoms. The number of nitrogens with zero attached hydrogens (tertiary/aromatic N) is 6. The Labute approximate surface area is 135 Å². The van der Waals surface area contributed by atoms with E-state index in [1.807, 2.05) is 30.5 Å². The number of benzene rings is 1. The first-order valence-electron chi connectivity index (χ1n) is 7.67. The molecular weight excluding hydrogens is 300 g/mol. The smallest absolute Gasteiger partial charge is 0.221 e. The molecule has 5 aromatic heterocycles. The molecule has 0 aliphatic rings. The molecule has 0 fully saturated rings. The van der Waals surface area contributed by atoms with Gasteiger partial charge in [0.15, 0.2) is 0 Å². The third-order valence-electron chi connectivity index (χ3n) is 4.48. The molecule has 0 saturated carbocycles. The van der Waals surface area contributed by atoms with Crippen LogP contribution in [0.5, 0.6) is 0 Å². The molecule has 0 amide bonds. The van der Waals surface area contributed by atoms with E-state index >= 15 is 0 Å². The zero-order chi connectivity index (χ0) is 15.7. The van der Waals surface area contributed by atoms with Gasteiger partial charge in [-0.25, -0.2) is 9.97 Å². The van der Waals surface area contributed by atoms with E-state index in [1.165, 1.54) is 0 Å². The molecule has 0 unspecified atom stereocenters. The maximum absolute atomic E-state index is 4.82. The Morgan fingerprint density at radius 3 is 2.54 bits per heavy atom. The van der Waals surface area contributed by atoms with Crippen molar-refractivity contribution < 1.29 is 0 Å². The van der Waals surface area contributed by atoms with Crippen LogP contribution in [0.25, 0.3) is 44.4 Å². The molecule has 24 heavy (non-hydrogen) atoms. The predicted molar refractivity (Wildman–Crippen MR) is 92.1 cm³/mol. The summed E-state index contributed by atoms with van der Waals surface area (Å²) in [7, 11) is 0. The number of hydrogen-bond acceptors (Lipinski definition) is 4. The Hall–Kier alpha value is -3.54. The molecule has 6 nitrogen and oxygen atoms in total. The maximum Gasteiger partial charge on any atom is 0.221 e. The highest BCUT2D eigenvalue weighted by Gasteiger charge is 2.16. The van der Waals surface area contributed by atoms with E-state index in [-0.39, 0.29) is 0 Å². The predicted octanol–water partition coefficient (Wildman–Crippen LogP) is 3.23. The highest BCUT2D eigenvalue weighted by molar-refractivity contribution is 6.01. The zero-order valence-electron chi connectivity index (χ0n) is 12.5. The van der Waals surface area contributed by atoms with Crippen molar-refractivity contribution in [2.24, 2.45) is 0 Å². The van der Waals surface area contributed by atoms with Crippen molar-refractivity contribution in [3.8, 4) is 0 Å². The molecule has 0 saturated heterocycles. The molecule has 6 rings (SSSR count). The van der Waals surface area contributed by atoms with Gasteiger partial charge in [-0.1, -0.05) is 12.1 Å². The van der Waals surface area contributed by atoms with Gasteiger partial charge >= 0.3 is 0 Å². The Bertz CT molecular complexity index is 1410. The molecule has 0 aliphatic carbocycles. The van der Waals surface area contributed by atoms with E-state index < -0.39 is 0 Å². The maximum atomic E-state index is 4.82. The van der Waals surface area contributed by atoms with Crippen LogP contribution in [0.4, 0.5) is 0 Å².